The van der Waals surface area contributed by atoms with Gasteiger partial charge >= 0.3 is 6.03 Å². The second-order valence-electron chi connectivity index (χ2n) is 6.57. The van der Waals surface area contributed by atoms with Gasteiger partial charge in [0, 0.05) is 32.9 Å². The van der Waals surface area contributed by atoms with E-state index >= 15 is 0 Å². The molecule has 1 unspecified atom stereocenters. The highest BCUT2D eigenvalue weighted by Crippen LogP contribution is 2.21. The molecule has 2 amide bonds. The van der Waals surface area contributed by atoms with Crippen LogP contribution in [-0.2, 0) is 20.0 Å². The van der Waals surface area contributed by atoms with E-state index in [0.29, 0.717) is 19.1 Å². The lowest BCUT2D eigenvalue weighted by molar-refractivity contribution is 0.206. The maximum atomic E-state index is 12.4. The van der Waals surface area contributed by atoms with Crippen LogP contribution in [0.25, 0.3) is 0 Å². The average molecular weight is 342 g/mol. The maximum Gasteiger partial charge on any atom is 0.317 e. The largest absolute Gasteiger partial charge is 0.494 e. The first-order valence-corrected chi connectivity index (χ1v) is 8.86. The van der Waals surface area contributed by atoms with Crippen LogP contribution in [0.15, 0.2) is 36.7 Å². The van der Waals surface area contributed by atoms with Gasteiger partial charge in [0.15, 0.2) is 0 Å². The van der Waals surface area contributed by atoms with Crippen LogP contribution in [0, 0.1) is 5.92 Å². The van der Waals surface area contributed by atoms with Crippen molar-refractivity contribution >= 4 is 6.03 Å². The molecule has 2 aromatic rings. The molecule has 1 fully saturated rings. The highest BCUT2D eigenvalue weighted by Gasteiger charge is 2.26. The second kappa shape index (κ2) is 8.05. The van der Waals surface area contributed by atoms with Crippen LogP contribution < -0.4 is 10.1 Å². The van der Waals surface area contributed by atoms with Crippen molar-refractivity contribution in [1.29, 1.82) is 0 Å². The molecule has 1 aliphatic rings. The van der Waals surface area contributed by atoms with Gasteiger partial charge in [0.1, 0.15) is 5.75 Å². The van der Waals surface area contributed by atoms with Crippen LogP contribution in [0.2, 0.25) is 0 Å². The molecule has 0 saturated carbocycles. The SMILES string of the molecule is CCOc1cccc(CNC(=O)N2CCC(Cc3cnn(C)c3)C2)c1. The van der Waals surface area contributed by atoms with Gasteiger partial charge in [0.05, 0.1) is 12.8 Å². The van der Waals surface area contributed by atoms with Crippen molar-refractivity contribution in [2.45, 2.75) is 26.3 Å². The standard InChI is InChI=1S/C19H26N4O2/c1-3-25-18-6-4-5-15(10-18)11-20-19(24)23-8-7-16(14-23)9-17-12-21-22(2)13-17/h4-6,10,12-13,16H,3,7-9,11,14H2,1-2H3,(H,20,24). The van der Waals surface area contributed by atoms with Crippen molar-refractivity contribution in [1.82, 2.24) is 20.0 Å². The number of hydrogen-bond donors (Lipinski definition) is 1. The molecule has 1 atom stereocenters. The summed E-state index contributed by atoms with van der Waals surface area (Å²) in [5.41, 5.74) is 2.29. The Morgan fingerprint density at radius 3 is 3.04 bits per heavy atom. The first kappa shape index (κ1) is 17.3. The van der Waals surface area contributed by atoms with Crippen molar-refractivity contribution in [2.24, 2.45) is 13.0 Å². The van der Waals surface area contributed by atoms with E-state index in [1.807, 2.05) is 60.2 Å². The molecule has 134 valence electrons. The predicted octanol–water partition coefficient (Wildman–Crippen LogP) is 2.59. The van der Waals surface area contributed by atoms with Crippen LogP contribution in [0.4, 0.5) is 4.79 Å². The number of amides is 2. The molecule has 3 rings (SSSR count). The Bertz CT molecular complexity index is 713. The molecule has 0 spiro atoms. The number of nitrogens with zero attached hydrogens (tertiary/aromatic N) is 3. The third kappa shape index (κ3) is 4.75. The number of benzene rings is 1. The third-order valence-corrected chi connectivity index (χ3v) is 4.51. The van der Waals surface area contributed by atoms with E-state index in [-0.39, 0.29) is 6.03 Å². The van der Waals surface area contributed by atoms with Crippen molar-refractivity contribution in [3.63, 3.8) is 0 Å². The van der Waals surface area contributed by atoms with Gasteiger partial charge in [-0.1, -0.05) is 12.1 Å². The Kier molecular flexibility index (Phi) is 5.58. The van der Waals surface area contributed by atoms with E-state index in [9.17, 15) is 4.79 Å². The Morgan fingerprint density at radius 1 is 1.40 bits per heavy atom. The van der Waals surface area contributed by atoms with E-state index in [0.717, 1.165) is 37.2 Å². The molecule has 1 N–H and O–H groups in total. The summed E-state index contributed by atoms with van der Waals surface area (Å²) in [4.78, 5) is 14.3. The molecular formula is C19H26N4O2. The Hall–Kier alpha value is -2.50. The van der Waals surface area contributed by atoms with Crippen molar-refractivity contribution in [2.75, 3.05) is 19.7 Å². The van der Waals surface area contributed by atoms with E-state index in [4.69, 9.17) is 4.74 Å². The van der Waals surface area contributed by atoms with Gasteiger partial charge in [0.25, 0.3) is 0 Å². The van der Waals surface area contributed by atoms with Gasteiger partial charge < -0.3 is 15.0 Å². The van der Waals surface area contributed by atoms with Crippen LogP contribution in [-0.4, -0.2) is 40.4 Å². The van der Waals surface area contributed by atoms with Crippen molar-refractivity contribution < 1.29 is 9.53 Å². The fourth-order valence-electron chi connectivity index (χ4n) is 3.30. The number of likely N-dealkylation sites (tertiary alicyclic amines) is 1. The molecular weight excluding hydrogens is 316 g/mol. The molecule has 0 aliphatic carbocycles. The number of hydrogen-bond acceptors (Lipinski definition) is 3. The zero-order valence-corrected chi connectivity index (χ0v) is 14.9. The Labute approximate surface area is 148 Å². The summed E-state index contributed by atoms with van der Waals surface area (Å²) in [6.07, 6.45) is 5.98. The number of carbonyl (C=O) groups is 1. The summed E-state index contributed by atoms with van der Waals surface area (Å²) in [5, 5.41) is 7.22. The van der Waals surface area contributed by atoms with Crippen LogP contribution in [0.3, 0.4) is 0 Å². The number of carbonyl (C=O) groups excluding carboxylic acids is 1. The summed E-state index contributed by atoms with van der Waals surface area (Å²) >= 11 is 0. The quantitative estimate of drug-likeness (QED) is 0.878. The van der Waals surface area contributed by atoms with E-state index in [1.165, 1.54) is 5.56 Å². The predicted molar refractivity (Wildman–Crippen MR) is 96.4 cm³/mol. The van der Waals surface area contributed by atoms with Crippen molar-refractivity contribution in [3.05, 3.63) is 47.8 Å². The normalized spacial score (nSPS) is 16.9. The van der Waals surface area contributed by atoms with Gasteiger partial charge in [-0.05, 0) is 48.9 Å². The molecule has 1 aromatic heterocycles. The third-order valence-electron chi connectivity index (χ3n) is 4.51. The summed E-state index contributed by atoms with van der Waals surface area (Å²) in [5.74, 6) is 1.35. The molecule has 1 aliphatic heterocycles. The van der Waals surface area contributed by atoms with Gasteiger partial charge in [-0.2, -0.15) is 5.10 Å². The molecule has 6 heteroatoms. The van der Waals surface area contributed by atoms with Crippen LogP contribution in [0.5, 0.6) is 5.75 Å². The molecule has 1 saturated heterocycles. The summed E-state index contributed by atoms with van der Waals surface area (Å²) in [6.45, 7) is 4.74. The van der Waals surface area contributed by atoms with E-state index in [2.05, 4.69) is 10.4 Å². The second-order valence-corrected chi connectivity index (χ2v) is 6.57. The molecule has 6 nitrogen and oxygen atoms in total. The maximum absolute atomic E-state index is 12.4. The fourth-order valence-corrected chi connectivity index (χ4v) is 3.30. The van der Waals surface area contributed by atoms with Gasteiger partial charge in [-0.3, -0.25) is 4.68 Å². The first-order chi connectivity index (χ1) is 12.1. The minimum atomic E-state index is 0.00972. The fraction of sp³-hybridized carbons (Fsp3) is 0.474. The van der Waals surface area contributed by atoms with E-state index in [1.54, 1.807) is 0 Å². The topological polar surface area (TPSA) is 59.4 Å². The number of rotatable bonds is 6. The van der Waals surface area contributed by atoms with Gasteiger partial charge in [-0.15, -0.1) is 0 Å². The summed E-state index contributed by atoms with van der Waals surface area (Å²) in [6, 6.07) is 7.86. The molecule has 2 heterocycles. The minimum Gasteiger partial charge on any atom is -0.494 e. The lowest BCUT2D eigenvalue weighted by Crippen LogP contribution is -2.38. The summed E-state index contributed by atoms with van der Waals surface area (Å²) < 4.78 is 7.32. The van der Waals surface area contributed by atoms with E-state index < -0.39 is 0 Å². The number of aryl methyl sites for hydroxylation is 1. The lowest BCUT2D eigenvalue weighted by atomic mass is 10.0. The zero-order chi connectivity index (χ0) is 17.6. The smallest absolute Gasteiger partial charge is 0.317 e. The van der Waals surface area contributed by atoms with Crippen LogP contribution in [0.1, 0.15) is 24.5 Å². The highest BCUT2D eigenvalue weighted by atomic mass is 16.5. The first-order valence-electron chi connectivity index (χ1n) is 8.86. The summed E-state index contributed by atoms with van der Waals surface area (Å²) in [7, 11) is 1.93. The zero-order valence-electron chi connectivity index (χ0n) is 14.9. The molecule has 0 radical (unpaired) electrons. The number of urea groups is 1. The number of nitrogens with one attached hydrogen (secondary N) is 1. The van der Waals surface area contributed by atoms with Crippen molar-refractivity contribution in [3.8, 4) is 5.75 Å². The molecule has 1 aromatic carbocycles. The number of aromatic nitrogens is 2. The average Bonchev–Trinajstić information content (AvgIpc) is 3.23. The monoisotopic (exact) mass is 342 g/mol. The lowest BCUT2D eigenvalue weighted by Gasteiger charge is -2.17. The van der Waals surface area contributed by atoms with Gasteiger partial charge in [0.2, 0.25) is 0 Å². The highest BCUT2D eigenvalue weighted by molar-refractivity contribution is 5.74. The van der Waals surface area contributed by atoms with Crippen LogP contribution >= 0.6 is 0 Å². The Balaban J connectivity index is 1.46. The Morgan fingerprint density at radius 2 is 2.28 bits per heavy atom. The molecule has 25 heavy (non-hydrogen) atoms. The number of ether oxygens (including phenoxy) is 1. The molecule has 0 bridgehead atoms. The minimum absolute atomic E-state index is 0.00972. The van der Waals surface area contributed by atoms with Gasteiger partial charge in [-0.25, -0.2) is 4.79 Å².